The standard InChI is InChI=1S/C14H23NO2/c1-2-3-10-15-12-7-5-4-6-11(12)8-9-13(15)14(16)17/h2,11-13H,1,3-10H2,(H,16,17). The molecule has 3 nitrogen and oxygen atoms in total. The van der Waals surface area contributed by atoms with Crippen molar-refractivity contribution in [3.05, 3.63) is 12.7 Å². The Labute approximate surface area is 103 Å². The van der Waals surface area contributed by atoms with E-state index in [1.165, 1.54) is 25.7 Å². The number of fused-ring (bicyclic) bond motifs is 1. The number of hydrogen-bond acceptors (Lipinski definition) is 2. The quantitative estimate of drug-likeness (QED) is 0.764. The summed E-state index contributed by atoms with van der Waals surface area (Å²) in [5.41, 5.74) is 0. The predicted molar refractivity (Wildman–Crippen MR) is 67.9 cm³/mol. The van der Waals surface area contributed by atoms with E-state index in [4.69, 9.17) is 0 Å². The molecule has 1 saturated carbocycles. The highest BCUT2D eigenvalue weighted by Gasteiger charge is 2.40. The molecule has 2 fully saturated rings. The number of hydrogen-bond donors (Lipinski definition) is 1. The third-order valence-corrected chi connectivity index (χ3v) is 4.38. The number of piperidine rings is 1. The molecule has 1 aliphatic heterocycles. The molecule has 0 bridgehead atoms. The molecular weight excluding hydrogens is 214 g/mol. The first-order chi connectivity index (χ1) is 8.24. The Balaban J connectivity index is 2.09. The van der Waals surface area contributed by atoms with Crippen LogP contribution in [0.4, 0.5) is 0 Å². The normalized spacial score (nSPS) is 34.0. The Bertz CT molecular complexity index is 290. The molecule has 1 aliphatic carbocycles. The van der Waals surface area contributed by atoms with Gasteiger partial charge in [-0.25, -0.2) is 0 Å². The van der Waals surface area contributed by atoms with Gasteiger partial charge in [0.05, 0.1) is 0 Å². The molecular formula is C14H23NO2. The highest BCUT2D eigenvalue weighted by Crippen LogP contribution is 2.37. The van der Waals surface area contributed by atoms with Crippen molar-refractivity contribution in [2.75, 3.05) is 6.54 Å². The summed E-state index contributed by atoms with van der Waals surface area (Å²) in [6, 6.07) is 0.257. The average molecular weight is 237 g/mol. The molecule has 2 aliphatic rings. The lowest BCUT2D eigenvalue weighted by atomic mass is 9.76. The summed E-state index contributed by atoms with van der Waals surface area (Å²) in [7, 11) is 0. The lowest BCUT2D eigenvalue weighted by Gasteiger charge is -2.47. The molecule has 0 aromatic carbocycles. The minimum Gasteiger partial charge on any atom is -0.480 e. The second-order valence-corrected chi connectivity index (χ2v) is 5.36. The van der Waals surface area contributed by atoms with Crippen LogP contribution in [0.15, 0.2) is 12.7 Å². The highest BCUT2D eigenvalue weighted by molar-refractivity contribution is 5.73. The first-order valence-corrected chi connectivity index (χ1v) is 6.83. The number of rotatable bonds is 4. The number of carboxylic acid groups (broad SMARTS) is 1. The molecule has 3 atom stereocenters. The SMILES string of the molecule is C=CCCN1C(C(=O)O)CCC2CCCCC21. The van der Waals surface area contributed by atoms with Crippen LogP contribution in [0.2, 0.25) is 0 Å². The van der Waals surface area contributed by atoms with E-state index in [1.54, 1.807) is 0 Å². The minimum atomic E-state index is -0.641. The van der Waals surface area contributed by atoms with E-state index < -0.39 is 5.97 Å². The van der Waals surface area contributed by atoms with Gasteiger partial charge in [0.25, 0.3) is 0 Å². The van der Waals surface area contributed by atoms with Crippen molar-refractivity contribution in [3.63, 3.8) is 0 Å². The third-order valence-electron chi connectivity index (χ3n) is 4.38. The number of nitrogens with zero attached hydrogens (tertiary/aromatic N) is 1. The van der Waals surface area contributed by atoms with Crippen LogP contribution in [0.3, 0.4) is 0 Å². The van der Waals surface area contributed by atoms with Crippen molar-refractivity contribution < 1.29 is 9.90 Å². The molecule has 2 rings (SSSR count). The maximum absolute atomic E-state index is 11.3. The summed E-state index contributed by atoms with van der Waals surface area (Å²) in [4.78, 5) is 13.6. The molecule has 0 radical (unpaired) electrons. The maximum Gasteiger partial charge on any atom is 0.320 e. The van der Waals surface area contributed by atoms with Crippen LogP contribution in [0.5, 0.6) is 0 Å². The summed E-state index contributed by atoms with van der Waals surface area (Å²) in [6.45, 7) is 4.61. The number of carbonyl (C=O) groups is 1. The lowest BCUT2D eigenvalue weighted by Crippen LogP contribution is -2.55. The van der Waals surface area contributed by atoms with Crippen LogP contribution in [0.1, 0.15) is 44.9 Å². The van der Waals surface area contributed by atoms with E-state index in [1.807, 2.05) is 6.08 Å². The molecule has 1 saturated heterocycles. The smallest absolute Gasteiger partial charge is 0.320 e. The summed E-state index contributed by atoms with van der Waals surface area (Å²) in [5, 5.41) is 9.33. The fourth-order valence-electron chi connectivity index (χ4n) is 3.56. The fourth-order valence-corrected chi connectivity index (χ4v) is 3.56. The van der Waals surface area contributed by atoms with Gasteiger partial charge in [0.2, 0.25) is 0 Å². The van der Waals surface area contributed by atoms with Gasteiger partial charge in [0.15, 0.2) is 0 Å². The van der Waals surface area contributed by atoms with Crippen molar-refractivity contribution in [2.24, 2.45) is 5.92 Å². The van der Waals surface area contributed by atoms with Gasteiger partial charge in [0.1, 0.15) is 6.04 Å². The molecule has 1 heterocycles. The van der Waals surface area contributed by atoms with Crippen molar-refractivity contribution in [1.82, 2.24) is 4.90 Å². The summed E-state index contributed by atoms with van der Waals surface area (Å²) < 4.78 is 0. The molecule has 0 aromatic rings. The summed E-state index contributed by atoms with van der Waals surface area (Å²) >= 11 is 0. The van der Waals surface area contributed by atoms with Crippen LogP contribution in [-0.4, -0.2) is 34.6 Å². The first-order valence-electron chi connectivity index (χ1n) is 6.83. The molecule has 1 N–H and O–H groups in total. The Morgan fingerprint density at radius 2 is 2.06 bits per heavy atom. The van der Waals surface area contributed by atoms with Crippen molar-refractivity contribution >= 4 is 5.97 Å². The summed E-state index contributed by atoms with van der Waals surface area (Å²) in [6.07, 6.45) is 9.79. The molecule has 3 unspecified atom stereocenters. The Morgan fingerprint density at radius 3 is 2.76 bits per heavy atom. The molecule has 96 valence electrons. The van der Waals surface area contributed by atoms with Crippen molar-refractivity contribution in [3.8, 4) is 0 Å². The van der Waals surface area contributed by atoms with E-state index in [-0.39, 0.29) is 6.04 Å². The Kier molecular flexibility index (Phi) is 4.21. The Hall–Kier alpha value is -0.830. The zero-order valence-electron chi connectivity index (χ0n) is 10.5. The van der Waals surface area contributed by atoms with E-state index >= 15 is 0 Å². The van der Waals surface area contributed by atoms with Gasteiger partial charge in [0, 0.05) is 12.6 Å². The monoisotopic (exact) mass is 237 g/mol. The minimum absolute atomic E-state index is 0.255. The van der Waals surface area contributed by atoms with E-state index in [0.29, 0.717) is 6.04 Å². The third kappa shape index (κ3) is 2.71. The van der Waals surface area contributed by atoms with Gasteiger partial charge < -0.3 is 5.11 Å². The molecule has 17 heavy (non-hydrogen) atoms. The molecule has 0 spiro atoms. The lowest BCUT2D eigenvalue weighted by molar-refractivity contribution is -0.148. The number of likely N-dealkylation sites (tertiary alicyclic amines) is 1. The second kappa shape index (κ2) is 5.67. The van der Waals surface area contributed by atoms with E-state index in [9.17, 15) is 9.90 Å². The van der Waals surface area contributed by atoms with Gasteiger partial charge >= 0.3 is 5.97 Å². The van der Waals surface area contributed by atoms with Gasteiger partial charge in [-0.15, -0.1) is 6.58 Å². The highest BCUT2D eigenvalue weighted by atomic mass is 16.4. The van der Waals surface area contributed by atoms with Gasteiger partial charge in [-0.1, -0.05) is 18.9 Å². The van der Waals surface area contributed by atoms with Gasteiger partial charge in [-0.05, 0) is 38.0 Å². The van der Waals surface area contributed by atoms with Crippen LogP contribution in [0, 0.1) is 5.92 Å². The van der Waals surface area contributed by atoms with Crippen molar-refractivity contribution in [1.29, 1.82) is 0 Å². The van der Waals surface area contributed by atoms with Crippen LogP contribution >= 0.6 is 0 Å². The van der Waals surface area contributed by atoms with Crippen LogP contribution in [-0.2, 0) is 4.79 Å². The predicted octanol–water partition coefficient (Wildman–Crippen LogP) is 2.67. The van der Waals surface area contributed by atoms with E-state index in [2.05, 4.69) is 11.5 Å². The Morgan fingerprint density at radius 1 is 1.29 bits per heavy atom. The maximum atomic E-state index is 11.3. The zero-order valence-corrected chi connectivity index (χ0v) is 10.5. The zero-order chi connectivity index (χ0) is 12.3. The first kappa shape index (κ1) is 12.6. The van der Waals surface area contributed by atoms with Gasteiger partial charge in [-0.3, -0.25) is 9.69 Å². The average Bonchev–Trinajstić information content (AvgIpc) is 2.35. The van der Waals surface area contributed by atoms with Gasteiger partial charge in [-0.2, -0.15) is 0 Å². The van der Waals surface area contributed by atoms with Crippen LogP contribution < -0.4 is 0 Å². The fraction of sp³-hybridized carbons (Fsp3) is 0.786. The molecule has 0 amide bonds. The number of carboxylic acids is 1. The van der Waals surface area contributed by atoms with Crippen molar-refractivity contribution in [2.45, 2.75) is 57.0 Å². The number of aliphatic carboxylic acids is 1. The molecule has 0 aromatic heterocycles. The topological polar surface area (TPSA) is 40.5 Å². The largest absolute Gasteiger partial charge is 0.480 e. The summed E-state index contributed by atoms with van der Waals surface area (Å²) in [5.74, 6) is 0.0993. The van der Waals surface area contributed by atoms with E-state index in [0.717, 1.165) is 31.7 Å². The molecule has 3 heteroatoms. The van der Waals surface area contributed by atoms with Crippen LogP contribution in [0.25, 0.3) is 0 Å². The second-order valence-electron chi connectivity index (χ2n) is 5.36.